The van der Waals surface area contributed by atoms with Crippen LogP contribution < -0.4 is 4.90 Å². The van der Waals surface area contributed by atoms with Gasteiger partial charge in [0.2, 0.25) is 0 Å². The summed E-state index contributed by atoms with van der Waals surface area (Å²) in [4.78, 5) is 1.99. The molecule has 0 spiro atoms. The maximum absolute atomic E-state index is 13.6. The van der Waals surface area contributed by atoms with E-state index in [1.807, 2.05) is 18.7 Å². The molecule has 0 aromatic heterocycles. The van der Waals surface area contributed by atoms with E-state index in [4.69, 9.17) is 5.26 Å². The van der Waals surface area contributed by atoms with Crippen LogP contribution in [0.5, 0.6) is 0 Å². The minimum absolute atomic E-state index is 0.502. The highest BCUT2D eigenvalue weighted by molar-refractivity contribution is 5.52. The average Bonchev–Trinajstić information content (AvgIpc) is 2.82. The molecule has 1 aromatic rings. The molecule has 20 heavy (non-hydrogen) atoms. The summed E-state index contributed by atoms with van der Waals surface area (Å²) in [6.45, 7) is 9.92. The van der Waals surface area contributed by atoms with Crippen molar-refractivity contribution in [2.75, 3.05) is 18.0 Å². The third kappa shape index (κ3) is 3.27. The first-order valence-electron chi connectivity index (χ1n) is 7.20. The molecular formula is C16H22F2N2. The van der Waals surface area contributed by atoms with Gasteiger partial charge >= 0.3 is 0 Å². The van der Waals surface area contributed by atoms with E-state index in [2.05, 4.69) is 13.8 Å². The van der Waals surface area contributed by atoms with Gasteiger partial charge in [0.05, 0.1) is 0 Å². The Labute approximate surface area is 120 Å². The Morgan fingerprint density at radius 3 is 2.20 bits per heavy atom. The molecule has 2 atom stereocenters. The quantitative estimate of drug-likeness (QED) is 0.805. The molecule has 1 aliphatic rings. The number of hydrogen-bond acceptors (Lipinski definition) is 2. The monoisotopic (exact) mass is 280 g/mol. The molecule has 0 amide bonds. The van der Waals surface area contributed by atoms with E-state index in [1.54, 1.807) is 6.07 Å². The summed E-state index contributed by atoms with van der Waals surface area (Å²) in [7, 11) is 0. The molecule has 0 saturated carbocycles. The Morgan fingerprint density at radius 2 is 1.80 bits per heavy atom. The van der Waals surface area contributed by atoms with Gasteiger partial charge in [0.1, 0.15) is 23.3 Å². The molecule has 1 heterocycles. The van der Waals surface area contributed by atoms with Crippen molar-refractivity contribution in [3.8, 4) is 6.07 Å². The Kier molecular flexibility index (Phi) is 5.94. The van der Waals surface area contributed by atoms with E-state index in [9.17, 15) is 8.78 Å². The third-order valence-corrected chi connectivity index (χ3v) is 3.80. The Hall–Kier alpha value is -1.63. The zero-order chi connectivity index (χ0) is 15.3. The molecular weight excluding hydrogens is 258 g/mol. The highest BCUT2D eigenvalue weighted by Gasteiger charge is 2.29. The van der Waals surface area contributed by atoms with Crippen molar-refractivity contribution in [1.82, 2.24) is 0 Å². The number of benzene rings is 1. The smallest absolute Gasteiger partial charge is 0.146 e. The molecule has 2 nitrogen and oxygen atoms in total. The Balaban J connectivity index is 0.000000956. The van der Waals surface area contributed by atoms with Crippen LogP contribution in [0.15, 0.2) is 12.1 Å². The third-order valence-electron chi connectivity index (χ3n) is 3.80. The van der Waals surface area contributed by atoms with Gasteiger partial charge in [-0.25, -0.2) is 8.78 Å². The van der Waals surface area contributed by atoms with Gasteiger partial charge in [0.25, 0.3) is 0 Å². The highest BCUT2D eigenvalue weighted by atomic mass is 19.1. The lowest BCUT2D eigenvalue weighted by Gasteiger charge is -2.19. The van der Waals surface area contributed by atoms with Gasteiger partial charge in [0, 0.05) is 18.8 Å². The van der Waals surface area contributed by atoms with Crippen molar-refractivity contribution in [2.24, 2.45) is 11.8 Å². The summed E-state index contributed by atoms with van der Waals surface area (Å²) in [5.74, 6) is -0.469. The summed E-state index contributed by atoms with van der Waals surface area (Å²) < 4.78 is 27.1. The van der Waals surface area contributed by atoms with Crippen LogP contribution >= 0.6 is 0 Å². The largest absolute Gasteiger partial charge is 0.371 e. The average molecular weight is 280 g/mol. The van der Waals surface area contributed by atoms with Crippen molar-refractivity contribution in [3.63, 3.8) is 0 Å². The summed E-state index contributed by atoms with van der Waals surface area (Å²) in [6.07, 6.45) is 1.07. The minimum Gasteiger partial charge on any atom is -0.371 e. The highest BCUT2D eigenvalue weighted by Crippen LogP contribution is 2.31. The number of halogens is 2. The standard InChI is InChI=1S/C14H16F2N2.C2H6/c1-3-10-8-18(7-9(10)2)11-4-13(15)12(6-17)14(16)5-11;1-2/h4-5,9-10H,3,7-8H2,1-2H3;1-2H3. The zero-order valence-electron chi connectivity index (χ0n) is 12.6. The molecule has 0 N–H and O–H groups in total. The lowest BCUT2D eigenvalue weighted by molar-refractivity contribution is 0.440. The second-order valence-electron chi connectivity index (χ2n) is 4.95. The molecule has 1 aliphatic heterocycles. The van der Waals surface area contributed by atoms with Gasteiger partial charge in [-0.3, -0.25) is 0 Å². The van der Waals surface area contributed by atoms with Crippen molar-refractivity contribution in [3.05, 3.63) is 29.3 Å². The number of nitrogens with zero attached hydrogens (tertiary/aromatic N) is 2. The van der Waals surface area contributed by atoms with E-state index >= 15 is 0 Å². The van der Waals surface area contributed by atoms with Crippen molar-refractivity contribution in [1.29, 1.82) is 5.26 Å². The lowest BCUT2D eigenvalue weighted by Crippen LogP contribution is -2.20. The summed E-state index contributed by atoms with van der Waals surface area (Å²) >= 11 is 0. The molecule has 1 fully saturated rings. The van der Waals surface area contributed by atoms with Crippen LogP contribution in [0, 0.1) is 34.8 Å². The number of hydrogen-bond donors (Lipinski definition) is 0. The van der Waals surface area contributed by atoms with Gasteiger partial charge in [-0.05, 0) is 24.0 Å². The summed E-state index contributed by atoms with van der Waals surface area (Å²) in [6, 6.07) is 4.05. The second-order valence-corrected chi connectivity index (χ2v) is 4.95. The first-order valence-corrected chi connectivity index (χ1v) is 7.20. The lowest BCUT2D eigenvalue weighted by atomic mass is 9.96. The first-order chi connectivity index (χ1) is 9.56. The van der Waals surface area contributed by atoms with Crippen LogP contribution in [0.1, 0.15) is 39.7 Å². The maximum atomic E-state index is 13.6. The number of nitriles is 1. The number of rotatable bonds is 2. The van der Waals surface area contributed by atoms with Crippen LogP contribution in [-0.2, 0) is 0 Å². The fourth-order valence-electron chi connectivity index (χ4n) is 2.63. The van der Waals surface area contributed by atoms with E-state index in [0.717, 1.165) is 19.5 Å². The second kappa shape index (κ2) is 7.23. The van der Waals surface area contributed by atoms with E-state index in [-0.39, 0.29) is 0 Å². The summed E-state index contributed by atoms with van der Waals surface area (Å²) in [5.41, 5.74) is 0.0323. The first kappa shape index (κ1) is 16.4. The fraction of sp³-hybridized carbons (Fsp3) is 0.562. The SMILES string of the molecule is CC.CCC1CN(c2cc(F)c(C#N)c(F)c2)CC1C. The number of anilines is 1. The minimum atomic E-state index is -0.778. The van der Waals surface area contributed by atoms with E-state index < -0.39 is 17.2 Å². The summed E-state index contributed by atoms with van der Waals surface area (Å²) in [5, 5.41) is 8.63. The zero-order valence-corrected chi connectivity index (χ0v) is 12.6. The van der Waals surface area contributed by atoms with Crippen LogP contribution in [0.4, 0.5) is 14.5 Å². The Morgan fingerprint density at radius 1 is 1.25 bits per heavy atom. The van der Waals surface area contributed by atoms with Crippen LogP contribution in [0.3, 0.4) is 0 Å². The van der Waals surface area contributed by atoms with Crippen molar-refractivity contribution in [2.45, 2.75) is 34.1 Å². The van der Waals surface area contributed by atoms with E-state index in [0.29, 0.717) is 17.5 Å². The molecule has 2 unspecified atom stereocenters. The predicted molar refractivity (Wildman–Crippen MR) is 77.6 cm³/mol. The molecule has 0 radical (unpaired) electrons. The van der Waals surface area contributed by atoms with E-state index in [1.165, 1.54) is 12.1 Å². The van der Waals surface area contributed by atoms with Gasteiger partial charge in [-0.15, -0.1) is 0 Å². The van der Waals surface area contributed by atoms with Crippen LogP contribution in [0.25, 0.3) is 0 Å². The topological polar surface area (TPSA) is 27.0 Å². The van der Waals surface area contributed by atoms with Gasteiger partial charge in [-0.1, -0.05) is 34.1 Å². The van der Waals surface area contributed by atoms with Gasteiger partial charge in [-0.2, -0.15) is 5.26 Å². The van der Waals surface area contributed by atoms with Gasteiger partial charge < -0.3 is 4.90 Å². The van der Waals surface area contributed by atoms with Gasteiger partial charge in [0.15, 0.2) is 0 Å². The molecule has 0 aliphatic carbocycles. The van der Waals surface area contributed by atoms with Crippen molar-refractivity contribution >= 4 is 5.69 Å². The van der Waals surface area contributed by atoms with Crippen molar-refractivity contribution < 1.29 is 8.78 Å². The van der Waals surface area contributed by atoms with Crippen LogP contribution in [0.2, 0.25) is 0 Å². The maximum Gasteiger partial charge on any atom is 0.146 e. The molecule has 1 aromatic carbocycles. The predicted octanol–water partition coefficient (Wildman–Crippen LogP) is 4.34. The molecule has 2 rings (SSSR count). The molecule has 1 saturated heterocycles. The Bertz CT molecular complexity index is 471. The molecule has 110 valence electrons. The van der Waals surface area contributed by atoms with Crippen LogP contribution in [-0.4, -0.2) is 13.1 Å². The normalized spacial score (nSPS) is 21.1. The molecule has 0 bridgehead atoms. The molecule has 4 heteroatoms. The fourth-order valence-corrected chi connectivity index (χ4v) is 2.63.